The second kappa shape index (κ2) is 10.4. The number of aryl methyl sites for hydroxylation is 2. The normalized spacial score (nSPS) is 21.4. The van der Waals surface area contributed by atoms with Gasteiger partial charge in [0.25, 0.3) is 5.91 Å². The van der Waals surface area contributed by atoms with Gasteiger partial charge < -0.3 is 10.4 Å². The van der Waals surface area contributed by atoms with Gasteiger partial charge in [0.15, 0.2) is 10.0 Å². The molecule has 17 heteroatoms. The van der Waals surface area contributed by atoms with Crippen LogP contribution in [0.1, 0.15) is 41.6 Å². The fraction of sp³-hybridized carbons (Fsp3) is 0.524. The highest BCUT2D eigenvalue weighted by Gasteiger charge is 2.54. The molecule has 1 saturated carbocycles. The first-order valence-corrected chi connectivity index (χ1v) is 14.6. The summed E-state index contributed by atoms with van der Waals surface area (Å²) < 4.78 is 41.6. The Morgan fingerprint density at radius 2 is 2.03 bits per heavy atom. The zero-order valence-corrected chi connectivity index (χ0v) is 22.8. The Labute approximate surface area is 231 Å². The fourth-order valence-electron chi connectivity index (χ4n) is 4.28. The van der Waals surface area contributed by atoms with Gasteiger partial charge in [-0.25, -0.2) is 4.79 Å². The van der Waals surface area contributed by atoms with Crippen molar-refractivity contribution >= 4 is 64.2 Å². The van der Waals surface area contributed by atoms with Crippen molar-refractivity contribution in [3.63, 3.8) is 0 Å². The van der Waals surface area contributed by atoms with Crippen molar-refractivity contribution in [3.8, 4) is 0 Å². The Morgan fingerprint density at radius 3 is 2.63 bits per heavy atom. The summed E-state index contributed by atoms with van der Waals surface area (Å²) in [5, 5.41) is 23.7. The molecule has 0 unspecified atom stereocenters. The zero-order chi connectivity index (χ0) is 27.4. The molecule has 2 aromatic heterocycles. The van der Waals surface area contributed by atoms with Crippen molar-refractivity contribution in [1.82, 2.24) is 30.2 Å². The van der Waals surface area contributed by atoms with Gasteiger partial charge in [0.2, 0.25) is 5.91 Å². The lowest BCUT2D eigenvalue weighted by molar-refractivity contribution is -0.150. The number of thioether (sulfide) groups is 2. The number of carbonyl (C=O) groups excluding carboxylic acids is 2. The van der Waals surface area contributed by atoms with Gasteiger partial charge >= 0.3 is 12.1 Å². The summed E-state index contributed by atoms with van der Waals surface area (Å²) in [5.41, 5.74) is -0.435. The highest BCUT2D eigenvalue weighted by atomic mass is 35.5. The average molecular weight is 609 g/mol. The maximum Gasteiger partial charge on any atom is 0.436 e. The quantitative estimate of drug-likeness (QED) is 0.324. The number of fused-ring (bicyclic) bond motifs is 1. The topological polar surface area (TPSA) is 130 Å². The summed E-state index contributed by atoms with van der Waals surface area (Å²) in [4.78, 5) is 38.7. The lowest BCUT2D eigenvalue weighted by Crippen LogP contribution is -2.70. The number of alkyl halides is 3. The minimum absolute atomic E-state index is 0.0991. The maximum atomic E-state index is 13.3. The molecule has 0 bridgehead atoms. The molecule has 2 amide bonds. The number of aromatic nitrogens is 4. The first kappa shape index (κ1) is 27.3. The van der Waals surface area contributed by atoms with E-state index in [-0.39, 0.29) is 30.3 Å². The zero-order valence-electron chi connectivity index (χ0n) is 19.6. The van der Waals surface area contributed by atoms with Gasteiger partial charge in [0.1, 0.15) is 22.1 Å². The number of β-lactam (4-membered cyclic amide) rings is 1. The van der Waals surface area contributed by atoms with Crippen molar-refractivity contribution in [2.45, 2.75) is 60.6 Å². The van der Waals surface area contributed by atoms with Gasteiger partial charge in [0.05, 0.1) is 17.3 Å². The predicted octanol–water partition coefficient (Wildman–Crippen LogP) is 3.51. The number of hydrogen-bond donors (Lipinski definition) is 2. The standard InChI is InChI=1S/C21H20ClF3N6O4S3/c1-8-27-28-20(38-8)37-7-10-6-36-18-13(17(33)31(18)15(10)19(34)35)26-11(32)4-5-30-14(9-2-3-9)12(22)16(29-30)21(23,24)25/h9,13,18H,2-7H2,1H3,(H,26,32)(H,34,35)/t13-,18-/m1/s1. The highest BCUT2D eigenvalue weighted by Crippen LogP contribution is 2.47. The van der Waals surface area contributed by atoms with E-state index >= 15 is 0 Å². The number of carboxylic acid groups (broad SMARTS) is 1. The van der Waals surface area contributed by atoms with E-state index in [4.69, 9.17) is 11.6 Å². The Morgan fingerprint density at radius 1 is 1.29 bits per heavy atom. The predicted molar refractivity (Wildman–Crippen MR) is 134 cm³/mol. The van der Waals surface area contributed by atoms with Crippen LogP contribution in [0.3, 0.4) is 0 Å². The summed E-state index contributed by atoms with van der Waals surface area (Å²) in [5.74, 6) is -1.79. The summed E-state index contributed by atoms with van der Waals surface area (Å²) in [6.45, 7) is 1.68. The molecule has 0 spiro atoms. The number of nitrogens with zero attached hydrogens (tertiary/aromatic N) is 5. The van der Waals surface area contributed by atoms with Crippen molar-refractivity contribution in [2.24, 2.45) is 0 Å². The minimum Gasteiger partial charge on any atom is -0.477 e. The molecule has 2 N–H and O–H groups in total. The van der Waals surface area contributed by atoms with Crippen LogP contribution in [0.25, 0.3) is 0 Å². The van der Waals surface area contributed by atoms with E-state index in [1.54, 1.807) is 0 Å². The third-order valence-electron chi connectivity index (χ3n) is 6.16. The lowest BCUT2D eigenvalue weighted by atomic mass is 10.0. The number of carboxylic acids is 1. The van der Waals surface area contributed by atoms with E-state index in [2.05, 4.69) is 20.6 Å². The number of amides is 2. The molecule has 0 aromatic carbocycles. The van der Waals surface area contributed by atoms with E-state index in [0.29, 0.717) is 34.3 Å². The second-order valence-electron chi connectivity index (χ2n) is 8.88. The first-order chi connectivity index (χ1) is 18.0. The van der Waals surface area contributed by atoms with Crippen LogP contribution in [-0.4, -0.2) is 70.7 Å². The van der Waals surface area contributed by atoms with Gasteiger partial charge in [-0.15, -0.1) is 22.0 Å². The molecule has 0 radical (unpaired) electrons. The number of rotatable bonds is 9. The summed E-state index contributed by atoms with van der Waals surface area (Å²) in [7, 11) is 0. The fourth-order valence-corrected chi connectivity index (χ4v) is 7.98. The van der Waals surface area contributed by atoms with Gasteiger partial charge in [-0.1, -0.05) is 34.7 Å². The molecule has 204 valence electrons. The van der Waals surface area contributed by atoms with Crippen LogP contribution >= 0.6 is 46.5 Å². The van der Waals surface area contributed by atoms with Crippen LogP contribution in [-0.2, 0) is 27.1 Å². The number of aliphatic carboxylic acids is 1. The molecular weight excluding hydrogens is 589 g/mol. The molecule has 4 heterocycles. The average Bonchev–Trinajstić information content (AvgIpc) is 3.50. The van der Waals surface area contributed by atoms with Crippen LogP contribution in [0, 0.1) is 6.92 Å². The van der Waals surface area contributed by atoms with Crippen molar-refractivity contribution in [3.05, 3.63) is 32.7 Å². The van der Waals surface area contributed by atoms with E-state index < -0.39 is 46.1 Å². The Kier molecular flexibility index (Phi) is 7.43. The molecule has 2 aromatic rings. The van der Waals surface area contributed by atoms with Crippen LogP contribution in [0.2, 0.25) is 5.02 Å². The molecule has 10 nitrogen and oxygen atoms in total. The molecule has 2 atom stereocenters. The molecule has 5 rings (SSSR count). The molecular formula is C21H20ClF3N6O4S3. The van der Waals surface area contributed by atoms with Gasteiger partial charge in [-0.3, -0.25) is 19.2 Å². The van der Waals surface area contributed by atoms with Crippen molar-refractivity contribution in [1.29, 1.82) is 0 Å². The van der Waals surface area contributed by atoms with Crippen molar-refractivity contribution in [2.75, 3.05) is 11.5 Å². The van der Waals surface area contributed by atoms with Gasteiger partial charge in [-0.05, 0) is 25.3 Å². The third kappa shape index (κ3) is 5.27. The summed E-state index contributed by atoms with van der Waals surface area (Å²) in [6, 6.07) is -0.934. The lowest BCUT2D eigenvalue weighted by Gasteiger charge is -2.49. The largest absolute Gasteiger partial charge is 0.477 e. The van der Waals surface area contributed by atoms with Gasteiger partial charge in [-0.2, -0.15) is 18.3 Å². The maximum absolute atomic E-state index is 13.3. The Hall–Kier alpha value is -2.30. The summed E-state index contributed by atoms with van der Waals surface area (Å²) >= 11 is 10.0. The molecule has 3 aliphatic rings. The first-order valence-electron chi connectivity index (χ1n) is 11.4. The number of hydrogen-bond acceptors (Lipinski definition) is 9. The van der Waals surface area contributed by atoms with E-state index in [9.17, 15) is 32.7 Å². The summed E-state index contributed by atoms with van der Waals surface area (Å²) in [6.07, 6.45) is -3.54. The van der Waals surface area contributed by atoms with Crippen LogP contribution in [0.4, 0.5) is 13.2 Å². The van der Waals surface area contributed by atoms with Crippen LogP contribution in [0.5, 0.6) is 0 Å². The molecule has 1 aliphatic carbocycles. The minimum atomic E-state index is -4.71. The Bertz CT molecular complexity index is 1340. The van der Waals surface area contributed by atoms with Gasteiger partial charge in [0, 0.05) is 23.8 Å². The number of carbonyl (C=O) groups is 3. The molecule has 2 fully saturated rings. The van der Waals surface area contributed by atoms with E-state index in [0.717, 1.165) is 9.69 Å². The second-order valence-corrected chi connectivity index (χ2v) is 12.8. The molecule has 38 heavy (non-hydrogen) atoms. The monoisotopic (exact) mass is 608 g/mol. The SMILES string of the molecule is Cc1nnc(SCC2=C(C(=O)O)N3C(=O)[C@@H](NC(=O)CCn4nc(C(F)(F)F)c(Cl)c4C4CC4)[C@H]3SC2)s1. The Balaban J connectivity index is 1.22. The van der Waals surface area contributed by atoms with Crippen molar-refractivity contribution < 1.29 is 32.7 Å². The number of halogens is 4. The molecule has 1 saturated heterocycles. The third-order valence-corrected chi connectivity index (χ3v) is 9.93. The van der Waals surface area contributed by atoms with E-state index in [1.807, 2.05) is 6.92 Å². The van der Waals surface area contributed by atoms with E-state index in [1.165, 1.54) is 39.8 Å². The number of nitrogens with one attached hydrogen (secondary N) is 1. The molecule has 2 aliphatic heterocycles. The van der Waals surface area contributed by atoms with Crippen LogP contribution < -0.4 is 5.32 Å². The smallest absolute Gasteiger partial charge is 0.436 e. The highest BCUT2D eigenvalue weighted by molar-refractivity contribution is 8.01. The van der Waals surface area contributed by atoms with Crippen LogP contribution in [0.15, 0.2) is 15.6 Å².